The Kier molecular flexibility index (Phi) is 6.65. The van der Waals surface area contributed by atoms with E-state index in [0.717, 1.165) is 0 Å². The van der Waals surface area contributed by atoms with Crippen LogP contribution in [0, 0.1) is 0 Å². The van der Waals surface area contributed by atoms with Gasteiger partial charge in [0.25, 0.3) is 5.91 Å². The van der Waals surface area contributed by atoms with Gasteiger partial charge in [-0.15, -0.1) is 0 Å². The SMILES string of the molecule is COc1ccccc1OCC(=O)N[C@H](CC(=O)[O-])c1ccc(Cl)cc1. The third-order valence-corrected chi connectivity index (χ3v) is 3.66. The highest BCUT2D eigenvalue weighted by Crippen LogP contribution is 2.25. The zero-order valence-corrected chi connectivity index (χ0v) is 14.3. The van der Waals surface area contributed by atoms with Crippen molar-refractivity contribution in [1.29, 1.82) is 0 Å². The molecule has 0 bridgehead atoms. The molecule has 0 aromatic heterocycles. The van der Waals surface area contributed by atoms with Crippen molar-refractivity contribution in [3.63, 3.8) is 0 Å². The van der Waals surface area contributed by atoms with Gasteiger partial charge in [-0.1, -0.05) is 35.9 Å². The van der Waals surface area contributed by atoms with Crippen LogP contribution in [0.1, 0.15) is 18.0 Å². The summed E-state index contributed by atoms with van der Waals surface area (Å²) >= 11 is 5.83. The lowest BCUT2D eigenvalue weighted by Gasteiger charge is -2.20. The Labute approximate surface area is 150 Å². The molecule has 0 unspecified atom stereocenters. The van der Waals surface area contributed by atoms with Crippen LogP contribution in [-0.4, -0.2) is 25.6 Å². The Balaban J connectivity index is 2.01. The van der Waals surface area contributed by atoms with E-state index in [1.807, 2.05) is 0 Å². The van der Waals surface area contributed by atoms with Crippen LogP contribution in [0.3, 0.4) is 0 Å². The fourth-order valence-corrected chi connectivity index (χ4v) is 2.36. The largest absolute Gasteiger partial charge is 0.550 e. The van der Waals surface area contributed by atoms with Crippen molar-refractivity contribution in [3.8, 4) is 11.5 Å². The first-order valence-electron chi connectivity index (χ1n) is 7.50. The third-order valence-electron chi connectivity index (χ3n) is 3.41. The Morgan fingerprint density at radius 3 is 2.36 bits per heavy atom. The van der Waals surface area contributed by atoms with Crippen LogP contribution in [0.5, 0.6) is 11.5 Å². The van der Waals surface area contributed by atoms with Crippen molar-refractivity contribution >= 4 is 23.5 Å². The molecule has 1 amide bonds. The number of carbonyl (C=O) groups is 2. The molecule has 0 saturated heterocycles. The minimum absolute atomic E-state index is 0.280. The summed E-state index contributed by atoms with van der Waals surface area (Å²) in [6, 6.07) is 12.7. The quantitative estimate of drug-likeness (QED) is 0.772. The minimum atomic E-state index is -1.27. The molecule has 2 rings (SSSR count). The first kappa shape index (κ1) is 18.6. The molecule has 2 aromatic rings. The number of amides is 1. The van der Waals surface area contributed by atoms with Crippen molar-refractivity contribution in [2.45, 2.75) is 12.5 Å². The van der Waals surface area contributed by atoms with Crippen LogP contribution < -0.4 is 19.9 Å². The lowest BCUT2D eigenvalue weighted by molar-refractivity contribution is -0.306. The number of carboxylic acid groups (broad SMARTS) is 1. The molecule has 0 fully saturated rings. The summed E-state index contributed by atoms with van der Waals surface area (Å²) in [6.45, 7) is -0.280. The van der Waals surface area contributed by atoms with E-state index in [4.69, 9.17) is 21.1 Å². The van der Waals surface area contributed by atoms with E-state index in [1.54, 1.807) is 48.5 Å². The van der Waals surface area contributed by atoms with E-state index in [0.29, 0.717) is 22.1 Å². The molecule has 132 valence electrons. The molecular formula is C18H17ClNO5-. The molecule has 0 heterocycles. The standard InChI is InChI=1S/C18H18ClNO5/c1-24-15-4-2-3-5-16(15)25-11-17(21)20-14(10-18(22)23)12-6-8-13(19)9-7-12/h2-9,14H,10-11H2,1H3,(H,20,21)(H,22,23)/p-1/t14-/m1/s1. The Bertz CT molecular complexity index is 733. The summed E-state index contributed by atoms with van der Waals surface area (Å²) in [5.41, 5.74) is 0.610. The zero-order chi connectivity index (χ0) is 18.2. The highest BCUT2D eigenvalue weighted by atomic mass is 35.5. The normalized spacial score (nSPS) is 11.4. The van der Waals surface area contributed by atoms with Crippen molar-refractivity contribution in [2.24, 2.45) is 0 Å². The van der Waals surface area contributed by atoms with Crippen LogP contribution in [0.15, 0.2) is 48.5 Å². The van der Waals surface area contributed by atoms with Gasteiger partial charge < -0.3 is 24.7 Å². The average Bonchev–Trinajstić information content (AvgIpc) is 2.60. The topological polar surface area (TPSA) is 87.7 Å². The monoisotopic (exact) mass is 362 g/mol. The molecule has 0 aliphatic rings. The van der Waals surface area contributed by atoms with Crippen molar-refractivity contribution in [2.75, 3.05) is 13.7 Å². The second kappa shape index (κ2) is 8.94. The summed E-state index contributed by atoms with van der Waals surface area (Å²) in [5.74, 6) is -0.819. The number of aliphatic carboxylic acids is 1. The first-order valence-corrected chi connectivity index (χ1v) is 7.88. The van der Waals surface area contributed by atoms with E-state index in [-0.39, 0.29) is 13.0 Å². The summed E-state index contributed by atoms with van der Waals surface area (Å²) in [6.07, 6.45) is -0.359. The molecule has 1 N–H and O–H groups in total. The summed E-state index contributed by atoms with van der Waals surface area (Å²) in [7, 11) is 1.50. The number of methoxy groups -OCH3 is 1. The Hall–Kier alpha value is -2.73. The molecule has 0 aliphatic carbocycles. The molecule has 2 aromatic carbocycles. The molecule has 7 heteroatoms. The number of carboxylic acids is 1. The van der Waals surface area contributed by atoms with Gasteiger partial charge in [-0.2, -0.15) is 0 Å². The maximum absolute atomic E-state index is 12.1. The smallest absolute Gasteiger partial charge is 0.258 e. The molecule has 0 saturated carbocycles. The maximum Gasteiger partial charge on any atom is 0.258 e. The molecule has 6 nitrogen and oxygen atoms in total. The second-order valence-electron chi connectivity index (χ2n) is 5.19. The highest BCUT2D eigenvalue weighted by Gasteiger charge is 2.16. The fraction of sp³-hybridized carbons (Fsp3) is 0.222. The highest BCUT2D eigenvalue weighted by molar-refractivity contribution is 6.30. The average molecular weight is 363 g/mol. The van der Waals surface area contributed by atoms with E-state index < -0.39 is 17.9 Å². The number of hydrogen-bond donors (Lipinski definition) is 1. The number of rotatable bonds is 8. The summed E-state index contributed by atoms with van der Waals surface area (Å²) < 4.78 is 10.6. The van der Waals surface area contributed by atoms with Crippen molar-refractivity contribution in [1.82, 2.24) is 5.32 Å². The summed E-state index contributed by atoms with van der Waals surface area (Å²) in [4.78, 5) is 23.1. The van der Waals surface area contributed by atoms with Gasteiger partial charge in [-0.05, 0) is 29.8 Å². The molecule has 25 heavy (non-hydrogen) atoms. The van der Waals surface area contributed by atoms with Crippen LogP contribution in [0.4, 0.5) is 0 Å². The number of hydrogen-bond acceptors (Lipinski definition) is 5. The number of halogens is 1. The zero-order valence-electron chi connectivity index (χ0n) is 13.5. The molecule has 0 aliphatic heterocycles. The lowest BCUT2D eigenvalue weighted by atomic mass is 10.0. The molecule has 0 spiro atoms. The fourth-order valence-electron chi connectivity index (χ4n) is 2.23. The van der Waals surface area contributed by atoms with Gasteiger partial charge >= 0.3 is 0 Å². The van der Waals surface area contributed by atoms with Gasteiger partial charge in [-0.3, -0.25) is 4.79 Å². The number of benzene rings is 2. The van der Waals surface area contributed by atoms with Crippen LogP contribution in [-0.2, 0) is 9.59 Å². The van der Waals surface area contributed by atoms with Gasteiger partial charge in [0.05, 0.1) is 13.2 Å². The number of carbonyl (C=O) groups excluding carboxylic acids is 2. The molecule has 1 atom stereocenters. The van der Waals surface area contributed by atoms with Gasteiger partial charge in [0.15, 0.2) is 18.1 Å². The Morgan fingerprint density at radius 1 is 1.12 bits per heavy atom. The first-order chi connectivity index (χ1) is 12.0. The summed E-state index contributed by atoms with van der Waals surface area (Å²) in [5, 5.41) is 14.1. The molecule has 0 radical (unpaired) electrons. The van der Waals surface area contributed by atoms with E-state index in [9.17, 15) is 14.7 Å². The van der Waals surface area contributed by atoms with Gasteiger partial charge in [0, 0.05) is 17.4 Å². The van der Waals surface area contributed by atoms with Gasteiger partial charge in [0.2, 0.25) is 0 Å². The van der Waals surface area contributed by atoms with Crippen LogP contribution in [0.2, 0.25) is 5.02 Å². The molecular weight excluding hydrogens is 346 g/mol. The van der Waals surface area contributed by atoms with Crippen LogP contribution >= 0.6 is 11.6 Å². The predicted octanol–water partition coefficient (Wildman–Crippen LogP) is 1.72. The van der Waals surface area contributed by atoms with E-state index in [2.05, 4.69) is 5.32 Å². The van der Waals surface area contributed by atoms with Crippen molar-refractivity contribution in [3.05, 3.63) is 59.1 Å². The third kappa shape index (κ3) is 5.69. The van der Waals surface area contributed by atoms with E-state index in [1.165, 1.54) is 7.11 Å². The van der Waals surface area contributed by atoms with E-state index >= 15 is 0 Å². The van der Waals surface area contributed by atoms with Gasteiger partial charge in [0.1, 0.15) is 0 Å². The number of ether oxygens (including phenoxy) is 2. The predicted molar refractivity (Wildman–Crippen MR) is 90.4 cm³/mol. The number of nitrogens with one attached hydrogen (secondary N) is 1. The van der Waals surface area contributed by atoms with Crippen LogP contribution in [0.25, 0.3) is 0 Å². The lowest BCUT2D eigenvalue weighted by Crippen LogP contribution is -2.36. The number of para-hydroxylation sites is 2. The minimum Gasteiger partial charge on any atom is -0.550 e. The Morgan fingerprint density at radius 2 is 1.76 bits per heavy atom. The van der Waals surface area contributed by atoms with Gasteiger partial charge in [-0.25, -0.2) is 0 Å². The maximum atomic E-state index is 12.1. The van der Waals surface area contributed by atoms with Crippen molar-refractivity contribution < 1.29 is 24.2 Å². The second-order valence-corrected chi connectivity index (χ2v) is 5.62.